The molecule has 0 aromatic rings. The van der Waals surface area contributed by atoms with Crippen molar-refractivity contribution in [2.24, 2.45) is 0 Å². The van der Waals surface area contributed by atoms with E-state index in [1.807, 2.05) is 6.92 Å². The van der Waals surface area contributed by atoms with Gasteiger partial charge >= 0.3 is 5.97 Å². The summed E-state index contributed by atoms with van der Waals surface area (Å²) in [4.78, 5) is 10.6. The summed E-state index contributed by atoms with van der Waals surface area (Å²) >= 11 is 0. The van der Waals surface area contributed by atoms with E-state index in [2.05, 4.69) is 11.3 Å². The zero-order valence-electron chi connectivity index (χ0n) is 10.1. The predicted octanol–water partition coefficient (Wildman–Crippen LogP) is 0.503. The lowest BCUT2D eigenvalue weighted by Crippen LogP contribution is -2.04. The molecule has 0 bridgehead atoms. The molecular weight excluding hydrogens is 212 g/mol. The van der Waals surface area contributed by atoms with Gasteiger partial charge in [0.25, 0.3) is 0 Å². The SMILES string of the molecule is C=C(C)C(=O)OCCC.OCCOCCO. The Balaban J connectivity index is 0. The number of ether oxygens (including phenoxy) is 2. The fourth-order valence-electron chi connectivity index (χ4n) is 0.549. The Kier molecular flexibility index (Phi) is 15.4. The molecule has 2 N–H and O–H groups in total. The van der Waals surface area contributed by atoms with Gasteiger partial charge in [0.15, 0.2) is 0 Å². The van der Waals surface area contributed by atoms with E-state index >= 15 is 0 Å². The first kappa shape index (κ1) is 17.5. The van der Waals surface area contributed by atoms with E-state index < -0.39 is 0 Å². The maximum atomic E-state index is 10.6. The third kappa shape index (κ3) is 15.6. The Morgan fingerprint density at radius 2 is 1.69 bits per heavy atom. The maximum Gasteiger partial charge on any atom is 0.333 e. The van der Waals surface area contributed by atoms with Gasteiger partial charge in [0.1, 0.15) is 0 Å². The molecule has 96 valence electrons. The van der Waals surface area contributed by atoms with Gasteiger partial charge in [-0.25, -0.2) is 4.79 Å². The lowest BCUT2D eigenvalue weighted by Gasteiger charge is -1.99. The van der Waals surface area contributed by atoms with Crippen LogP contribution in [0.5, 0.6) is 0 Å². The molecule has 0 radical (unpaired) electrons. The van der Waals surface area contributed by atoms with Crippen LogP contribution in [0, 0.1) is 0 Å². The molecule has 0 saturated carbocycles. The van der Waals surface area contributed by atoms with Crippen LogP contribution in [0.2, 0.25) is 0 Å². The van der Waals surface area contributed by atoms with Gasteiger partial charge in [-0.05, 0) is 13.3 Å². The van der Waals surface area contributed by atoms with E-state index in [1.54, 1.807) is 6.92 Å². The van der Waals surface area contributed by atoms with E-state index in [0.717, 1.165) is 6.42 Å². The highest BCUT2D eigenvalue weighted by atomic mass is 16.5. The summed E-state index contributed by atoms with van der Waals surface area (Å²) in [6.07, 6.45) is 0.860. The average Bonchev–Trinajstić information content (AvgIpc) is 2.27. The second-order valence-corrected chi connectivity index (χ2v) is 2.98. The van der Waals surface area contributed by atoms with Gasteiger partial charge in [0.2, 0.25) is 0 Å². The molecule has 0 aliphatic heterocycles. The Morgan fingerprint density at radius 3 is 2.00 bits per heavy atom. The van der Waals surface area contributed by atoms with E-state index in [-0.39, 0.29) is 19.2 Å². The molecule has 0 amide bonds. The minimum Gasteiger partial charge on any atom is -0.462 e. The molecule has 0 rings (SSSR count). The van der Waals surface area contributed by atoms with Gasteiger partial charge in [-0.3, -0.25) is 0 Å². The van der Waals surface area contributed by atoms with Gasteiger partial charge in [-0.1, -0.05) is 13.5 Å². The van der Waals surface area contributed by atoms with Crippen molar-refractivity contribution in [3.8, 4) is 0 Å². The highest BCUT2D eigenvalue weighted by Gasteiger charge is 1.99. The molecule has 0 unspecified atom stereocenters. The zero-order chi connectivity index (χ0) is 12.8. The van der Waals surface area contributed by atoms with Crippen LogP contribution in [0.1, 0.15) is 20.3 Å². The minimum absolute atomic E-state index is 0.0278. The predicted molar refractivity (Wildman–Crippen MR) is 61.1 cm³/mol. The first-order chi connectivity index (χ1) is 7.59. The molecule has 0 aromatic carbocycles. The fraction of sp³-hybridized carbons (Fsp3) is 0.727. The quantitative estimate of drug-likeness (QED) is 0.381. The van der Waals surface area contributed by atoms with Crippen molar-refractivity contribution < 1.29 is 24.5 Å². The molecule has 0 fully saturated rings. The number of hydrogen-bond acceptors (Lipinski definition) is 5. The number of aliphatic hydroxyl groups excluding tert-OH is 2. The summed E-state index contributed by atoms with van der Waals surface area (Å²) in [5, 5.41) is 16.2. The number of carbonyl (C=O) groups is 1. The minimum atomic E-state index is -0.295. The van der Waals surface area contributed by atoms with Crippen molar-refractivity contribution in [2.45, 2.75) is 20.3 Å². The van der Waals surface area contributed by atoms with Crippen LogP contribution in [0.15, 0.2) is 12.2 Å². The Labute approximate surface area is 96.7 Å². The topological polar surface area (TPSA) is 76.0 Å². The van der Waals surface area contributed by atoms with Gasteiger partial charge in [-0.15, -0.1) is 0 Å². The van der Waals surface area contributed by atoms with Gasteiger partial charge in [-0.2, -0.15) is 0 Å². The number of carbonyl (C=O) groups excluding carboxylic acids is 1. The maximum absolute atomic E-state index is 10.6. The van der Waals surface area contributed by atoms with E-state index in [1.165, 1.54) is 0 Å². The zero-order valence-corrected chi connectivity index (χ0v) is 10.1. The number of aliphatic hydroxyl groups is 2. The molecule has 0 aromatic heterocycles. The van der Waals surface area contributed by atoms with Gasteiger partial charge < -0.3 is 19.7 Å². The van der Waals surface area contributed by atoms with Crippen molar-refractivity contribution >= 4 is 5.97 Å². The first-order valence-corrected chi connectivity index (χ1v) is 5.22. The standard InChI is InChI=1S/C7H12O2.C4H10O3/c1-4-5-9-7(8)6(2)3;5-1-3-7-4-2-6/h2,4-5H2,1,3H3;5-6H,1-4H2. The fourth-order valence-corrected chi connectivity index (χ4v) is 0.549. The van der Waals surface area contributed by atoms with E-state index in [9.17, 15) is 4.79 Å². The second-order valence-electron chi connectivity index (χ2n) is 2.98. The Hall–Kier alpha value is -0.910. The molecule has 0 atom stereocenters. The first-order valence-electron chi connectivity index (χ1n) is 5.22. The van der Waals surface area contributed by atoms with Gasteiger partial charge in [0.05, 0.1) is 33.0 Å². The van der Waals surface area contributed by atoms with Crippen molar-refractivity contribution in [3.63, 3.8) is 0 Å². The summed E-state index contributed by atoms with van der Waals surface area (Å²) in [7, 11) is 0. The van der Waals surface area contributed by atoms with Crippen LogP contribution in [-0.4, -0.2) is 49.2 Å². The van der Waals surface area contributed by atoms with Crippen molar-refractivity contribution in [3.05, 3.63) is 12.2 Å². The molecule has 0 heterocycles. The van der Waals surface area contributed by atoms with Crippen LogP contribution in [0.25, 0.3) is 0 Å². The lowest BCUT2D eigenvalue weighted by molar-refractivity contribution is -0.138. The summed E-state index contributed by atoms with van der Waals surface area (Å²) < 4.78 is 9.35. The van der Waals surface area contributed by atoms with Crippen molar-refractivity contribution in [1.29, 1.82) is 0 Å². The summed E-state index contributed by atoms with van der Waals surface area (Å²) in [5.41, 5.74) is 0.462. The van der Waals surface area contributed by atoms with E-state index in [4.69, 9.17) is 14.9 Å². The molecular formula is C11H22O5. The van der Waals surface area contributed by atoms with Crippen molar-refractivity contribution in [2.75, 3.05) is 33.0 Å². The molecule has 0 saturated heterocycles. The Morgan fingerprint density at radius 1 is 1.19 bits per heavy atom. The third-order valence-corrected chi connectivity index (χ3v) is 1.26. The Bertz CT molecular complexity index is 175. The molecule has 16 heavy (non-hydrogen) atoms. The molecule has 0 spiro atoms. The molecule has 5 nitrogen and oxygen atoms in total. The highest BCUT2D eigenvalue weighted by molar-refractivity contribution is 5.86. The summed E-state index contributed by atoms with van der Waals surface area (Å²) in [6, 6.07) is 0. The summed E-state index contributed by atoms with van der Waals surface area (Å²) in [6.45, 7) is 8.21. The molecule has 5 heteroatoms. The third-order valence-electron chi connectivity index (χ3n) is 1.26. The highest BCUT2D eigenvalue weighted by Crippen LogP contribution is 1.91. The summed E-state index contributed by atoms with van der Waals surface area (Å²) in [5.74, 6) is -0.295. The van der Waals surface area contributed by atoms with E-state index in [0.29, 0.717) is 25.4 Å². The van der Waals surface area contributed by atoms with Crippen LogP contribution < -0.4 is 0 Å². The number of rotatable bonds is 7. The van der Waals surface area contributed by atoms with Crippen molar-refractivity contribution in [1.82, 2.24) is 0 Å². The lowest BCUT2D eigenvalue weighted by atomic mass is 10.4. The van der Waals surface area contributed by atoms with Crippen LogP contribution >= 0.6 is 0 Å². The van der Waals surface area contributed by atoms with Crippen LogP contribution in [-0.2, 0) is 14.3 Å². The second kappa shape index (κ2) is 14.1. The molecule has 0 aliphatic rings. The normalized spacial score (nSPS) is 9.00. The van der Waals surface area contributed by atoms with Gasteiger partial charge in [0, 0.05) is 5.57 Å². The number of hydrogen-bond donors (Lipinski definition) is 2. The smallest absolute Gasteiger partial charge is 0.333 e. The monoisotopic (exact) mass is 234 g/mol. The largest absolute Gasteiger partial charge is 0.462 e. The average molecular weight is 234 g/mol. The van der Waals surface area contributed by atoms with Crippen LogP contribution in [0.4, 0.5) is 0 Å². The number of esters is 1. The molecule has 0 aliphatic carbocycles. The van der Waals surface area contributed by atoms with Crippen LogP contribution in [0.3, 0.4) is 0 Å².